The van der Waals surface area contributed by atoms with Crippen LogP contribution < -0.4 is 9.47 Å². The van der Waals surface area contributed by atoms with Crippen molar-refractivity contribution in [2.45, 2.75) is 5.41 Å². The van der Waals surface area contributed by atoms with Crippen molar-refractivity contribution in [2.24, 2.45) is 0 Å². The van der Waals surface area contributed by atoms with Gasteiger partial charge in [0.1, 0.15) is 28.3 Å². The van der Waals surface area contributed by atoms with Gasteiger partial charge in [-0.15, -0.1) is 0 Å². The minimum absolute atomic E-state index is 0.654. The Bertz CT molecular complexity index is 1240. The normalized spacial score (nSPS) is 11.4. The van der Waals surface area contributed by atoms with Crippen LogP contribution in [0, 0.1) is 0 Å². The number of benzene rings is 4. The molecule has 3 heteroatoms. The van der Waals surface area contributed by atoms with Crippen molar-refractivity contribution < 1.29 is 13.9 Å². The molecule has 0 bridgehead atoms. The Morgan fingerprint density at radius 1 is 0.562 bits per heavy atom. The first-order chi connectivity index (χ1) is 15.8. The lowest BCUT2D eigenvalue weighted by Crippen LogP contribution is -2.30. The fourth-order valence-electron chi connectivity index (χ4n) is 4.46. The van der Waals surface area contributed by atoms with E-state index in [4.69, 9.17) is 13.9 Å². The van der Waals surface area contributed by atoms with Crippen LogP contribution >= 0.6 is 0 Å². The van der Waals surface area contributed by atoms with E-state index in [1.54, 1.807) is 14.2 Å². The maximum absolute atomic E-state index is 6.55. The molecule has 0 amide bonds. The molecule has 32 heavy (non-hydrogen) atoms. The van der Waals surface area contributed by atoms with Crippen LogP contribution in [0.25, 0.3) is 11.0 Å². The zero-order valence-electron chi connectivity index (χ0n) is 18.1. The summed E-state index contributed by atoms with van der Waals surface area (Å²) in [6.45, 7) is 0. The molecule has 0 unspecified atom stereocenters. The van der Waals surface area contributed by atoms with E-state index in [0.717, 1.165) is 44.9 Å². The highest BCUT2D eigenvalue weighted by atomic mass is 16.5. The third kappa shape index (κ3) is 3.23. The zero-order valence-corrected chi connectivity index (χ0v) is 18.1. The van der Waals surface area contributed by atoms with Gasteiger partial charge < -0.3 is 13.9 Å². The Labute approximate surface area is 187 Å². The van der Waals surface area contributed by atoms with E-state index >= 15 is 0 Å². The largest absolute Gasteiger partial charge is 0.497 e. The maximum atomic E-state index is 6.55. The first-order valence-electron chi connectivity index (χ1n) is 10.6. The molecule has 0 aliphatic rings. The molecule has 1 heterocycles. The van der Waals surface area contributed by atoms with Gasteiger partial charge in [0, 0.05) is 5.39 Å². The van der Waals surface area contributed by atoms with E-state index in [2.05, 4.69) is 60.7 Å². The van der Waals surface area contributed by atoms with Gasteiger partial charge in [0.2, 0.25) is 0 Å². The molecule has 0 N–H and O–H groups in total. The van der Waals surface area contributed by atoms with E-state index in [1.807, 2.05) is 48.5 Å². The summed E-state index contributed by atoms with van der Waals surface area (Å²) in [4.78, 5) is 0. The lowest BCUT2D eigenvalue weighted by molar-refractivity contribution is 0.413. The Kier molecular flexibility index (Phi) is 5.16. The fraction of sp³-hybridized carbons (Fsp3) is 0.103. The van der Waals surface area contributed by atoms with E-state index in [-0.39, 0.29) is 0 Å². The Balaban J connectivity index is 1.87. The van der Waals surface area contributed by atoms with Gasteiger partial charge in [-0.3, -0.25) is 0 Å². The molecule has 0 fully saturated rings. The van der Waals surface area contributed by atoms with Crippen LogP contribution in [-0.2, 0) is 5.41 Å². The minimum atomic E-state index is -0.654. The van der Waals surface area contributed by atoms with Gasteiger partial charge >= 0.3 is 0 Å². The minimum Gasteiger partial charge on any atom is -0.497 e. The summed E-state index contributed by atoms with van der Waals surface area (Å²) in [5.74, 6) is 2.49. The lowest BCUT2D eigenvalue weighted by atomic mass is 9.67. The highest BCUT2D eigenvalue weighted by molar-refractivity contribution is 5.79. The second-order valence-electron chi connectivity index (χ2n) is 7.72. The van der Waals surface area contributed by atoms with Gasteiger partial charge in [-0.25, -0.2) is 0 Å². The van der Waals surface area contributed by atoms with Crippen LogP contribution in [-0.4, -0.2) is 14.2 Å². The number of methoxy groups -OCH3 is 2. The predicted molar refractivity (Wildman–Crippen MR) is 128 cm³/mol. The van der Waals surface area contributed by atoms with Crippen molar-refractivity contribution in [2.75, 3.05) is 14.2 Å². The molecule has 5 rings (SSSR count). The third-order valence-corrected chi connectivity index (χ3v) is 6.05. The average Bonchev–Trinajstić information content (AvgIpc) is 3.30. The second kappa shape index (κ2) is 8.27. The van der Waals surface area contributed by atoms with E-state index in [1.165, 1.54) is 0 Å². The highest BCUT2D eigenvalue weighted by Gasteiger charge is 2.41. The first-order valence-corrected chi connectivity index (χ1v) is 10.6. The molecule has 5 aromatic rings. The van der Waals surface area contributed by atoms with Crippen molar-refractivity contribution in [1.29, 1.82) is 0 Å². The van der Waals surface area contributed by atoms with Crippen LogP contribution in [0.3, 0.4) is 0 Å². The van der Waals surface area contributed by atoms with E-state index in [9.17, 15) is 0 Å². The summed E-state index contributed by atoms with van der Waals surface area (Å²) >= 11 is 0. The number of fused-ring (bicyclic) bond motifs is 1. The molecule has 4 aromatic carbocycles. The molecular formula is C29H24O3. The Morgan fingerprint density at radius 3 is 1.59 bits per heavy atom. The molecule has 0 aliphatic carbocycles. The van der Waals surface area contributed by atoms with Gasteiger partial charge in [0.15, 0.2) is 0 Å². The first kappa shape index (κ1) is 20.0. The number of furan rings is 1. The molecule has 0 atom stereocenters. The van der Waals surface area contributed by atoms with Gasteiger partial charge in [0.25, 0.3) is 0 Å². The van der Waals surface area contributed by atoms with Crippen LogP contribution in [0.15, 0.2) is 114 Å². The van der Waals surface area contributed by atoms with E-state index in [0.29, 0.717) is 0 Å². The molecule has 0 saturated carbocycles. The van der Waals surface area contributed by atoms with Crippen molar-refractivity contribution >= 4 is 11.0 Å². The van der Waals surface area contributed by atoms with E-state index < -0.39 is 5.41 Å². The number of hydrogen-bond acceptors (Lipinski definition) is 3. The fourth-order valence-corrected chi connectivity index (χ4v) is 4.46. The molecule has 0 saturated heterocycles. The quantitative estimate of drug-likeness (QED) is 0.282. The standard InChI is InChI=1S/C29H24O3/c1-30-25-16-12-23(13-17-25)29(22-9-4-3-5-10-22,24-14-18-26(31-2)19-15-24)28-20-21-8-6-7-11-27(21)32-28/h3-20H,1-2H3. The van der Waals surface area contributed by atoms with Crippen molar-refractivity contribution in [3.63, 3.8) is 0 Å². The molecule has 1 aromatic heterocycles. The van der Waals surface area contributed by atoms with Crippen molar-refractivity contribution in [1.82, 2.24) is 0 Å². The highest BCUT2D eigenvalue weighted by Crippen LogP contribution is 2.47. The lowest BCUT2D eigenvalue weighted by Gasteiger charge is -2.34. The van der Waals surface area contributed by atoms with Crippen molar-refractivity contribution in [3.05, 3.63) is 132 Å². The summed E-state index contributed by atoms with van der Waals surface area (Å²) in [5.41, 5.74) is 3.51. The summed E-state index contributed by atoms with van der Waals surface area (Å²) in [6.07, 6.45) is 0. The molecular weight excluding hydrogens is 396 g/mol. The third-order valence-electron chi connectivity index (χ3n) is 6.05. The predicted octanol–water partition coefficient (Wildman–Crippen LogP) is 6.83. The molecule has 0 aliphatic heterocycles. The average molecular weight is 421 g/mol. The molecule has 3 nitrogen and oxygen atoms in total. The number of para-hydroxylation sites is 1. The Hall–Kier alpha value is -3.98. The summed E-state index contributed by atoms with van der Waals surface area (Å²) in [7, 11) is 3.37. The Morgan fingerprint density at radius 2 is 1.06 bits per heavy atom. The molecule has 158 valence electrons. The van der Waals surface area contributed by atoms with Gasteiger partial charge in [-0.05, 0) is 53.1 Å². The smallest absolute Gasteiger partial charge is 0.134 e. The number of ether oxygens (including phenoxy) is 2. The number of hydrogen-bond donors (Lipinski definition) is 0. The second-order valence-corrected chi connectivity index (χ2v) is 7.72. The van der Waals surface area contributed by atoms with Crippen LogP contribution in [0.5, 0.6) is 11.5 Å². The SMILES string of the molecule is COc1ccc(C(c2ccccc2)(c2ccc(OC)cc2)c2cc3ccccc3o2)cc1. The maximum Gasteiger partial charge on any atom is 0.134 e. The zero-order chi connectivity index (χ0) is 22.0. The summed E-state index contributed by atoms with van der Waals surface area (Å²) < 4.78 is 17.4. The van der Waals surface area contributed by atoms with Crippen molar-refractivity contribution in [3.8, 4) is 11.5 Å². The monoisotopic (exact) mass is 420 g/mol. The molecule has 0 radical (unpaired) electrons. The topological polar surface area (TPSA) is 31.6 Å². The number of rotatable bonds is 6. The summed E-state index contributed by atoms with van der Waals surface area (Å²) in [5, 5.41) is 1.07. The molecule has 0 spiro atoms. The van der Waals surface area contributed by atoms with Gasteiger partial charge in [0.05, 0.1) is 14.2 Å². The van der Waals surface area contributed by atoms with Crippen LogP contribution in [0.4, 0.5) is 0 Å². The van der Waals surface area contributed by atoms with Crippen LogP contribution in [0.1, 0.15) is 22.5 Å². The van der Waals surface area contributed by atoms with Crippen LogP contribution in [0.2, 0.25) is 0 Å². The van der Waals surface area contributed by atoms with Gasteiger partial charge in [-0.2, -0.15) is 0 Å². The summed E-state index contributed by atoms with van der Waals surface area (Å²) in [6, 6.07) is 37.2. The van der Waals surface area contributed by atoms with Gasteiger partial charge in [-0.1, -0.05) is 72.8 Å².